The van der Waals surface area contributed by atoms with E-state index >= 15 is 0 Å². The SMILES string of the molecule is O=C(CSCc1nc2ccccc2s1)Nc1cc(C(F)(F)F)ccc1Cl. The van der Waals surface area contributed by atoms with Crippen LogP contribution in [0.5, 0.6) is 0 Å². The molecule has 0 fully saturated rings. The van der Waals surface area contributed by atoms with Crippen molar-refractivity contribution in [3.8, 4) is 0 Å². The van der Waals surface area contributed by atoms with Gasteiger partial charge < -0.3 is 5.32 Å². The third kappa shape index (κ3) is 4.69. The number of anilines is 1. The number of rotatable bonds is 5. The van der Waals surface area contributed by atoms with E-state index < -0.39 is 17.6 Å². The Balaban J connectivity index is 1.57. The fraction of sp³-hybridized carbons (Fsp3) is 0.176. The number of fused-ring (bicyclic) bond motifs is 1. The quantitative estimate of drug-likeness (QED) is 0.568. The van der Waals surface area contributed by atoms with Gasteiger partial charge in [0.05, 0.1) is 32.2 Å². The van der Waals surface area contributed by atoms with E-state index in [0.717, 1.165) is 33.4 Å². The van der Waals surface area contributed by atoms with E-state index in [-0.39, 0.29) is 16.5 Å². The standard InChI is InChI=1S/C17H12ClF3N2OS2/c18-11-6-5-10(17(19,20)21)7-13(11)22-15(24)8-25-9-16-23-12-3-1-2-4-14(12)26-16/h1-7H,8-9H2,(H,22,24). The number of halogens is 4. The molecule has 0 aliphatic rings. The van der Waals surface area contributed by atoms with Crippen LogP contribution in [0.3, 0.4) is 0 Å². The number of thiazole rings is 1. The van der Waals surface area contributed by atoms with E-state index in [1.165, 1.54) is 11.8 Å². The molecule has 0 aliphatic carbocycles. The number of para-hydroxylation sites is 1. The van der Waals surface area contributed by atoms with E-state index in [1.54, 1.807) is 11.3 Å². The van der Waals surface area contributed by atoms with Crippen molar-refractivity contribution in [1.82, 2.24) is 4.98 Å². The molecule has 2 aromatic carbocycles. The minimum atomic E-state index is -4.49. The topological polar surface area (TPSA) is 42.0 Å². The average molecular weight is 417 g/mol. The number of carbonyl (C=O) groups excluding carboxylic acids is 1. The van der Waals surface area contributed by atoms with Gasteiger partial charge in [0.1, 0.15) is 5.01 Å². The van der Waals surface area contributed by atoms with Crippen LogP contribution in [0.4, 0.5) is 18.9 Å². The number of hydrogen-bond donors (Lipinski definition) is 1. The van der Waals surface area contributed by atoms with Crippen LogP contribution in [0.2, 0.25) is 5.02 Å². The molecular weight excluding hydrogens is 405 g/mol. The minimum absolute atomic E-state index is 0.0490. The highest BCUT2D eigenvalue weighted by atomic mass is 35.5. The van der Waals surface area contributed by atoms with Gasteiger partial charge in [-0.05, 0) is 30.3 Å². The summed E-state index contributed by atoms with van der Waals surface area (Å²) in [5, 5.41) is 3.37. The number of thioether (sulfide) groups is 1. The first kappa shape index (κ1) is 19.0. The van der Waals surface area contributed by atoms with E-state index in [2.05, 4.69) is 10.3 Å². The molecule has 1 aromatic heterocycles. The molecule has 3 aromatic rings. The van der Waals surface area contributed by atoms with Crippen molar-refractivity contribution < 1.29 is 18.0 Å². The Bertz CT molecular complexity index is 910. The van der Waals surface area contributed by atoms with Gasteiger partial charge in [-0.2, -0.15) is 13.2 Å². The molecule has 0 aliphatic heterocycles. The Labute approximate surface area is 160 Å². The minimum Gasteiger partial charge on any atom is -0.324 e. The summed E-state index contributed by atoms with van der Waals surface area (Å²) in [4.78, 5) is 16.5. The lowest BCUT2D eigenvalue weighted by atomic mass is 10.2. The molecule has 0 bridgehead atoms. The lowest BCUT2D eigenvalue weighted by Crippen LogP contribution is -2.15. The molecule has 0 saturated carbocycles. The summed E-state index contributed by atoms with van der Waals surface area (Å²) in [5.74, 6) is 0.211. The zero-order chi connectivity index (χ0) is 18.7. The molecule has 0 unspecified atom stereocenters. The second-order valence-electron chi connectivity index (χ2n) is 5.31. The van der Waals surface area contributed by atoms with Crippen molar-refractivity contribution >= 4 is 56.5 Å². The summed E-state index contributed by atoms with van der Waals surface area (Å²) in [7, 11) is 0. The van der Waals surface area contributed by atoms with Crippen molar-refractivity contribution in [2.45, 2.75) is 11.9 Å². The summed E-state index contributed by atoms with van der Waals surface area (Å²) in [6, 6.07) is 10.6. The first-order valence-electron chi connectivity index (χ1n) is 7.42. The fourth-order valence-electron chi connectivity index (χ4n) is 2.20. The predicted octanol–water partition coefficient (Wildman–Crippen LogP) is 5.84. The van der Waals surface area contributed by atoms with Gasteiger partial charge in [-0.3, -0.25) is 4.79 Å². The van der Waals surface area contributed by atoms with Gasteiger partial charge in [-0.25, -0.2) is 4.98 Å². The zero-order valence-corrected chi connectivity index (χ0v) is 15.5. The monoisotopic (exact) mass is 416 g/mol. The first-order chi connectivity index (χ1) is 12.3. The highest BCUT2D eigenvalue weighted by molar-refractivity contribution is 7.99. The number of hydrogen-bond acceptors (Lipinski definition) is 4. The molecule has 3 rings (SSSR count). The van der Waals surface area contributed by atoms with Crippen LogP contribution in [0.25, 0.3) is 10.2 Å². The number of aromatic nitrogens is 1. The normalized spacial score (nSPS) is 11.7. The van der Waals surface area contributed by atoms with E-state index in [1.807, 2.05) is 24.3 Å². The van der Waals surface area contributed by atoms with Crippen LogP contribution in [-0.4, -0.2) is 16.6 Å². The fourth-order valence-corrected chi connectivity index (χ4v) is 4.21. The van der Waals surface area contributed by atoms with Gasteiger partial charge >= 0.3 is 6.18 Å². The maximum atomic E-state index is 12.7. The molecule has 9 heteroatoms. The van der Waals surface area contributed by atoms with E-state index in [4.69, 9.17) is 11.6 Å². The molecule has 26 heavy (non-hydrogen) atoms. The highest BCUT2D eigenvalue weighted by Crippen LogP contribution is 2.34. The van der Waals surface area contributed by atoms with Gasteiger partial charge in [0.2, 0.25) is 5.91 Å². The van der Waals surface area contributed by atoms with Crippen LogP contribution >= 0.6 is 34.7 Å². The molecule has 0 saturated heterocycles. The molecule has 0 spiro atoms. The molecular formula is C17H12ClF3N2OS2. The lowest BCUT2D eigenvalue weighted by Gasteiger charge is -2.11. The molecule has 0 atom stereocenters. The molecule has 136 valence electrons. The molecule has 1 heterocycles. The Morgan fingerprint density at radius 2 is 2.00 bits per heavy atom. The zero-order valence-electron chi connectivity index (χ0n) is 13.1. The summed E-state index contributed by atoms with van der Waals surface area (Å²) >= 11 is 8.75. The van der Waals surface area contributed by atoms with Crippen molar-refractivity contribution in [3.05, 3.63) is 58.1 Å². The maximum absolute atomic E-state index is 12.7. The Morgan fingerprint density at radius 1 is 1.23 bits per heavy atom. The largest absolute Gasteiger partial charge is 0.416 e. The average Bonchev–Trinajstić information content (AvgIpc) is 2.98. The Kier molecular flexibility index (Phi) is 5.74. The van der Waals surface area contributed by atoms with Gasteiger partial charge in [-0.1, -0.05) is 23.7 Å². The molecule has 0 radical (unpaired) electrons. The van der Waals surface area contributed by atoms with Gasteiger partial charge in [-0.15, -0.1) is 23.1 Å². The number of benzene rings is 2. The van der Waals surface area contributed by atoms with Gasteiger partial charge in [0, 0.05) is 5.75 Å². The number of nitrogens with one attached hydrogen (secondary N) is 1. The predicted molar refractivity (Wildman–Crippen MR) is 101 cm³/mol. The van der Waals surface area contributed by atoms with Crippen molar-refractivity contribution in [1.29, 1.82) is 0 Å². The lowest BCUT2D eigenvalue weighted by molar-refractivity contribution is -0.137. The second kappa shape index (κ2) is 7.85. The van der Waals surface area contributed by atoms with Crippen molar-refractivity contribution in [2.24, 2.45) is 0 Å². The van der Waals surface area contributed by atoms with Crippen LogP contribution in [0, 0.1) is 0 Å². The Morgan fingerprint density at radius 3 is 2.73 bits per heavy atom. The smallest absolute Gasteiger partial charge is 0.324 e. The first-order valence-corrected chi connectivity index (χ1v) is 9.76. The van der Waals surface area contributed by atoms with Crippen LogP contribution in [-0.2, 0) is 16.7 Å². The van der Waals surface area contributed by atoms with Gasteiger partial charge in [0.25, 0.3) is 0 Å². The summed E-state index contributed by atoms with van der Waals surface area (Å²) in [6.07, 6.45) is -4.49. The number of amides is 1. The van der Waals surface area contributed by atoms with Crippen LogP contribution in [0.15, 0.2) is 42.5 Å². The third-order valence-corrected chi connectivity index (χ3v) is 5.86. The number of carbonyl (C=O) groups is 1. The second-order valence-corrected chi connectivity index (χ2v) is 7.82. The summed E-state index contributed by atoms with van der Waals surface area (Å²) in [5.41, 5.74) is -0.000272. The van der Waals surface area contributed by atoms with Crippen molar-refractivity contribution in [3.63, 3.8) is 0 Å². The third-order valence-electron chi connectivity index (χ3n) is 3.36. The van der Waals surface area contributed by atoms with Crippen LogP contribution in [0.1, 0.15) is 10.6 Å². The summed E-state index contributed by atoms with van der Waals surface area (Å²) < 4.78 is 39.3. The van der Waals surface area contributed by atoms with E-state index in [9.17, 15) is 18.0 Å². The van der Waals surface area contributed by atoms with E-state index in [0.29, 0.717) is 5.75 Å². The Hall–Kier alpha value is -1.77. The number of alkyl halides is 3. The number of nitrogens with zero attached hydrogens (tertiary/aromatic N) is 1. The molecule has 1 amide bonds. The molecule has 1 N–H and O–H groups in total. The van der Waals surface area contributed by atoms with Crippen molar-refractivity contribution in [2.75, 3.05) is 11.1 Å². The highest BCUT2D eigenvalue weighted by Gasteiger charge is 2.31. The maximum Gasteiger partial charge on any atom is 0.416 e. The van der Waals surface area contributed by atoms with Gasteiger partial charge in [0.15, 0.2) is 0 Å². The molecule has 3 nitrogen and oxygen atoms in total. The summed E-state index contributed by atoms with van der Waals surface area (Å²) in [6.45, 7) is 0. The van der Waals surface area contributed by atoms with Crippen LogP contribution < -0.4 is 5.32 Å².